The number of amides is 1. The van der Waals surface area contributed by atoms with Crippen LogP contribution in [0.15, 0.2) is 30.3 Å². The highest BCUT2D eigenvalue weighted by atomic mass is 16.2. The molecule has 0 aliphatic heterocycles. The number of nitrogens with two attached hydrogens (primary N) is 1. The van der Waals surface area contributed by atoms with Gasteiger partial charge in [-0.05, 0) is 18.4 Å². The molecule has 3 N–H and O–H groups in total. The second-order valence-corrected chi connectivity index (χ2v) is 5.21. The molecule has 1 amide bonds. The summed E-state index contributed by atoms with van der Waals surface area (Å²) in [5.41, 5.74) is 6.13. The summed E-state index contributed by atoms with van der Waals surface area (Å²) in [6.45, 7) is 0. The third-order valence-corrected chi connectivity index (χ3v) is 3.78. The van der Waals surface area contributed by atoms with Crippen molar-refractivity contribution in [3.8, 4) is 0 Å². The Labute approximate surface area is 113 Å². The van der Waals surface area contributed by atoms with E-state index in [2.05, 4.69) is 5.32 Å². The van der Waals surface area contributed by atoms with Crippen LogP contribution < -0.4 is 11.1 Å². The third kappa shape index (κ3) is 3.20. The Balaban J connectivity index is 2.06. The summed E-state index contributed by atoms with van der Waals surface area (Å²) in [5.74, 6) is -0.215. The first kappa shape index (κ1) is 13.7. The Hall–Kier alpha value is -1.68. The number of benzene rings is 1. The average molecular weight is 260 g/mol. The van der Waals surface area contributed by atoms with Gasteiger partial charge < -0.3 is 15.8 Å². The van der Waals surface area contributed by atoms with Gasteiger partial charge in [0.25, 0.3) is 0 Å². The molecule has 0 radical (unpaired) electrons. The van der Waals surface area contributed by atoms with Gasteiger partial charge in [0, 0.05) is 0 Å². The molecule has 0 aromatic heterocycles. The fraction of sp³-hybridized carbons (Fsp3) is 0.467. The molecule has 1 aromatic rings. The second kappa shape index (κ2) is 5.97. The quantitative estimate of drug-likeness (QED) is 0.809. The molecule has 1 atom stereocenters. The van der Waals surface area contributed by atoms with Crippen LogP contribution in [0.3, 0.4) is 0 Å². The van der Waals surface area contributed by atoms with Gasteiger partial charge >= 0.3 is 0 Å². The van der Waals surface area contributed by atoms with E-state index in [0.29, 0.717) is 12.8 Å². The lowest BCUT2D eigenvalue weighted by Crippen LogP contribution is -2.55. The van der Waals surface area contributed by atoms with Crippen molar-refractivity contribution in [2.24, 2.45) is 5.73 Å². The van der Waals surface area contributed by atoms with Gasteiger partial charge in [-0.2, -0.15) is 0 Å². The molecule has 1 aliphatic rings. The van der Waals surface area contributed by atoms with Crippen LogP contribution in [-0.2, 0) is 9.59 Å². The molecule has 4 nitrogen and oxygen atoms in total. The summed E-state index contributed by atoms with van der Waals surface area (Å²) in [7, 11) is 0. The molecule has 1 aromatic carbocycles. The number of rotatable bonds is 4. The van der Waals surface area contributed by atoms with Crippen molar-refractivity contribution in [2.75, 3.05) is 0 Å². The van der Waals surface area contributed by atoms with Gasteiger partial charge in [0.1, 0.15) is 12.3 Å². The first-order valence-corrected chi connectivity index (χ1v) is 6.76. The van der Waals surface area contributed by atoms with Gasteiger partial charge in [0.05, 0.1) is 5.54 Å². The van der Waals surface area contributed by atoms with Crippen LogP contribution in [0.1, 0.15) is 43.7 Å². The molecule has 0 bridgehead atoms. The van der Waals surface area contributed by atoms with Crippen LogP contribution >= 0.6 is 0 Å². The second-order valence-electron chi connectivity index (χ2n) is 5.21. The van der Waals surface area contributed by atoms with Crippen molar-refractivity contribution < 1.29 is 9.59 Å². The van der Waals surface area contributed by atoms with E-state index in [9.17, 15) is 9.59 Å². The van der Waals surface area contributed by atoms with E-state index < -0.39 is 11.6 Å². The van der Waals surface area contributed by atoms with Gasteiger partial charge in [0.2, 0.25) is 5.91 Å². The fourth-order valence-electron chi connectivity index (χ4n) is 2.55. The number of nitrogens with one attached hydrogen (secondary N) is 1. The SMILES string of the molecule is NC1(C(=O)N[C@H](C=O)c2ccccc2)CCCCC1. The number of aldehydes is 1. The lowest BCUT2D eigenvalue weighted by Gasteiger charge is -2.32. The largest absolute Gasteiger partial charge is 0.341 e. The van der Waals surface area contributed by atoms with Crippen LogP contribution in [0.4, 0.5) is 0 Å². The van der Waals surface area contributed by atoms with Gasteiger partial charge in [-0.1, -0.05) is 49.6 Å². The Kier molecular flexibility index (Phi) is 4.32. The van der Waals surface area contributed by atoms with Gasteiger partial charge in [-0.3, -0.25) is 4.79 Å². The number of hydrogen-bond donors (Lipinski definition) is 2. The molecular formula is C15H20N2O2. The smallest absolute Gasteiger partial charge is 0.240 e. The van der Waals surface area contributed by atoms with E-state index in [1.165, 1.54) is 0 Å². The molecule has 1 fully saturated rings. The van der Waals surface area contributed by atoms with Crippen molar-refractivity contribution in [3.05, 3.63) is 35.9 Å². The number of carbonyl (C=O) groups is 2. The molecule has 1 saturated carbocycles. The zero-order valence-corrected chi connectivity index (χ0v) is 11.0. The van der Waals surface area contributed by atoms with Gasteiger partial charge in [-0.15, -0.1) is 0 Å². The van der Waals surface area contributed by atoms with Crippen molar-refractivity contribution in [1.29, 1.82) is 0 Å². The normalized spacial score (nSPS) is 19.4. The summed E-state index contributed by atoms with van der Waals surface area (Å²) in [6.07, 6.45) is 5.21. The summed E-state index contributed by atoms with van der Waals surface area (Å²) >= 11 is 0. The fourth-order valence-corrected chi connectivity index (χ4v) is 2.55. The molecule has 0 unspecified atom stereocenters. The predicted molar refractivity (Wildman–Crippen MR) is 73.4 cm³/mol. The lowest BCUT2D eigenvalue weighted by atomic mass is 9.81. The molecule has 4 heteroatoms. The van der Waals surface area contributed by atoms with Crippen LogP contribution in [0.2, 0.25) is 0 Å². The molecule has 2 rings (SSSR count). The van der Waals surface area contributed by atoms with Crippen LogP contribution in [0.5, 0.6) is 0 Å². The maximum absolute atomic E-state index is 12.3. The Morgan fingerprint density at radius 3 is 2.42 bits per heavy atom. The summed E-state index contributed by atoms with van der Waals surface area (Å²) in [6, 6.07) is 8.59. The molecule has 19 heavy (non-hydrogen) atoms. The number of carbonyl (C=O) groups excluding carboxylic acids is 2. The maximum Gasteiger partial charge on any atom is 0.240 e. The standard InChI is InChI=1S/C15H20N2O2/c16-15(9-5-2-6-10-15)14(19)17-13(11-18)12-7-3-1-4-8-12/h1,3-4,7-8,11,13H,2,5-6,9-10,16H2,(H,17,19)/t13-/m1/s1. The Bertz CT molecular complexity index is 439. The molecular weight excluding hydrogens is 240 g/mol. The highest BCUT2D eigenvalue weighted by Gasteiger charge is 2.36. The summed E-state index contributed by atoms with van der Waals surface area (Å²) in [4.78, 5) is 23.4. The van der Waals surface area contributed by atoms with Crippen molar-refractivity contribution in [2.45, 2.75) is 43.7 Å². The zero-order chi connectivity index (χ0) is 13.7. The number of hydrogen-bond acceptors (Lipinski definition) is 3. The molecule has 102 valence electrons. The van der Waals surface area contributed by atoms with E-state index in [-0.39, 0.29) is 5.91 Å². The van der Waals surface area contributed by atoms with Crippen LogP contribution in [0, 0.1) is 0 Å². The highest BCUT2D eigenvalue weighted by molar-refractivity contribution is 5.88. The zero-order valence-electron chi connectivity index (χ0n) is 11.0. The molecule has 0 saturated heterocycles. The van der Waals surface area contributed by atoms with Gasteiger partial charge in [-0.25, -0.2) is 0 Å². The summed E-state index contributed by atoms with van der Waals surface area (Å²) in [5, 5.41) is 2.76. The molecule has 0 spiro atoms. The van der Waals surface area contributed by atoms with E-state index in [1.54, 1.807) is 0 Å². The molecule has 0 heterocycles. The predicted octanol–water partition coefficient (Wildman–Crippen LogP) is 1.70. The van der Waals surface area contributed by atoms with E-state index in [0.717, 1.165) is 31.1 Å². The monoisotopic (exact) mass is 260 g/mol. The van der Waals surface area contributed by atoms with Crippen molar-refractivity contribution in [3.63, 3.8) is 0 Å². The summed E-state index contributed by atoms with van der Waals surface area (Å²) < 4.78 is 0. The van der Waals surface area contributed by atoms with E-state index in [4.69, 9.17) is 5.73 Å². The minimum Gasteiger partial charge on any atom is -0.341 e. The minimum absolute atomic E-state index is 0.215. The topological polar surface area (TPSA) is 72.2 Å². The van der Waals surface area contributed by atoms with Crippen LogP contribution in [0.25, 0.3) is 0 Å². The first-order valence-electron chi connectivity index (χ1n) is 6.76. The Morgan fingerprint density at radius 2 is 1.84 bits per heavy atom. The van der Waals surface area contributed by atoms with Crippen molar-refractivity contribution in [1.82, 2.24) is 5.32 Å². The molecule has 1 aliphatic carbocycles. The third-order valence-electron chi connectivity index (χ3n) is 3.78. The van der Waals surface area contributed by atoms with Gasteiger partial charge in [0.15, 0.2) is 0 Å². The first-order chi connectivity index (χ1) is 9.15. The van der Waals surface area contributed by atoms with E-state index in [1.807, 2.05) is 30.3 Å². The average Bonchev–Trinajstić information content (AvgIpc) is 2.46. The maximum atomic E-state index is 12.3. The lowest BCUT2D eigenvalue weighted by molar-refractivity contribution is -0.129. The van der Waals surface area contributed by atoms with E-state index >= 15 is 0 Å². The van der Waals surface area contributed by atoms with Crippen molar-refractivity contribution >= 4 is 12.2 Å². The Morgan fingerprint density at radius 1 is 1.21 bits per heavy atom. The van der Waals surface area contributed by atoms with Crippen LogP contribution in [-0.4, -0.2) is 17.7 Å². The highest BCUT2D eigenvalue weighted by Crippen LogP contribution is 2.26. The minimum atomic E-state index is -0.811.